The fourth-order valence-electron chi connectivity index (χ4n) is 10.7. The second kappa shape index (κ2) is 22.9. The number of nitrogens with zero attached hydrogens (tertiary/aromatic N) is 6. The van der Waals surface area contributed by atoms with Gasteiger partial charge in [-0.3, -0.25) is 24.6 Å². The van der Waals surface area contributed by atoms with Gasteiger partial charge in [-0.25, -0.2) is 14.8 Å². The highest BCUT2D eigenvalue weighted by atomic mass is 35.5. The number of methoxy groups -OCH3 is 1. The van der Waals surface area contributed by atoms with E-state index in [0.717, 1.165) is 92.6 Å². The van der Waals surface area contributed by atoms with Crippen LogP contribution in [-0.2, 0) is 20.9 Å². The zero-order chi connectivity index (χ0) is 50.5. The number of aromatic nitrogens is 2. The number of imide groups is 1. The minimum Gasteiger partial charge on any atom is -0.496 e. The van der Waals surface area contributed by atoms with Gasteiger partial charge in [-0.05, 0) is 149 Å². The van der Waals surface area contributed by atoms with Crippen LogP contribution >= 0.6 is 22.9 Å². The number of rotatable bonds is 16. The molecule has 72 heavy (non-hydrogen) atoms. The Kier molecular flexibility index (Phi) is 16.2. The lowest BCUT2D eigenvalue weighted by Gasteiger charge is -2.35. The topological polar surface area (TPSA) is 150 Å². The minimum absolute atomic E-state index is 0.0159. The first kappa shape index (κ1) is 51.0. The number of nitrogens with one attached hydrogen (secondary N) is 2. The average molecular weight is 1020 g/mol. The third-order valence-corrected chi connectivity index (χ3v) is 16.3. The molecule has 3 aromatic carbocycles. The van der Waals surface area contributed by atoms with Crippen molar-refractivity contribution in [1.82, 2.24) is 30.0 Å². The molecular weight excluding hydrogens is 948 g/mol. The van der Waals surface area contributed by atoms with Crippen molar-refractivity contribution in [2.75, 3.05) is 77.4 Å². The maximum atomic E-state index is 13.9. The van der Waals surface area contributed by atoms with E-state index >= 15 is 0 Å². The number of carbonyl (C=O) groups is 4. The van der Waals surface area contributed by atoms with Crippen molar-refractivity contribution in [3.63, 3.8) is 0 Å². The number of amides is 5. The van der Waals surface area contributed by atoms with Crippen LogP contribution in [0.5, 0.6) is 5.75 Å². The molecule has 5 amide bonds. The first-order chi connectivity index (χ1) is 34.8. The fourth-order valence-corrected chi connectivity index (χ4v) is 11.9. The third-order valence-electron chi connectivity index (χ3n) is 14.8. The van der Waals surface area contributed by atoms with Crippen molar-refractivity contribution in [1.29, 1.82) is 0 Å². The molecule has 16 heteroatoms. The van der Waals surface area contributed by atoms with Gasteiger partial charge in [-0.2, -0.15) is 0 Å². The summed E-state index contributed by atoms with van der Waals surface area (Å²) in [6.07, 6.45) is 9.36. The summed E-state index contributed by atoms with van der Waals surface area (Å²) in [5.41, 5.74) is 7.72. The number of fused-ring (bicyclic) bond motifs is 1. The SMILES string of the molecule is COc1cc2nc(C)nc(N[C@H](C)c3cc(-c4ccccc4CN(C)C)cs3)c2cc1C1=CCC(C(=O)N2CCC(CCOCC3CCN(C(=O)c4ccc(Cl)c(N5CCC(=O)NC5=O)c4)CC3)CC2)CC1. The summed E-state index contributed by atoms with van der Waals surface area (Å²) in [7, 11) is 5.91. The number of likely N-dealkylation sites (tertiary alicyclic amines) is 2. The van der Waals surface area contributed by atoms with E-state index in [1.165, 1.54) is 32.0 Å². The van der Waals surface area contributed by atoms with Gasteiger partial charge in [0.1, 0.15) is 17.4 Å². The Morgan fingerprint density at radius 3 is 2.42 bits per heavy atom. The number of ether oxygens (including phenoxy) is 2. The summed E-state index contributed by atoms with van der Waals surface area (Å²) in [5, 5.41) is 9.59. The lowest BCUT2D eigenvalue weighted by atomic mass is 9.84. The molecule has 2 atom stereocenters. The van der Waals surface area contributed by atoms with Crippen LogP contribution in [0.4, 0.5) is 16.3 Å². The molecule has 2 N–H and O–H groups in total. The Labute approximate surface area is 432 Å². The fraction of sp³-hybridized carbons (Fsp3) is 0.464. The highest BCUT2D eigenvalue weighted by Gasteiger charge is 2.32. The van der Waals surface area contributed by atoms with Crippen molar-refractivity contribution in [3.8, 4) is 16.9 Å². The lowest BCUT2D eigenvalue weighted by Crippen LogP contribution is -2.49. The molecule has 380 valence electrons. The summed E-state index contributed by atoms with van der Waals surface area (Å²) >= 11 is 8.17. The number of hydrogen-bond donors (Lipinski definition) is 2. The summed E-state index contributed by atoms with van der Waals surface area (Å²) < 4.78 is 12.2. The average Bonchev–Trinajstić information content (AvgIpc) is 3.88. The monoisotopic (exact) mass is 1010 g/mol. The molecule has 0 radical (unpaired) electrons. The molecule has 9 rings (SSSR count). The molecule has 3 saturated heterocycles. The van der Waals surface area contributed by atoms with Gasteiger partial charge in [0.15, 0.2) is 0 Å². The molecule has 0 bridgehead atoms. The normalized spacial score (nSPS) is 18.6. The Bertz CT molecular complexity index is 2830. The van der Waals surface area contributed by atoms with E-state index in [9.17, 15) is 19.2 Å². The number of carbonyl (C=O) groups excluding carboxylic acids is 4. The zero-order valence-electron chi connectivity index (χ0n) is 42.2. The van der Waals surface area contributed by atoms with Gasteiger partial charge in [-0.15, -0.1) is 11.3 Å². The first-order valence-electron chi connectivity index (χ1n) is 25.5. The van der Waals surface area contributed by atoms with Crippen molar-refractivity contribution in [2.24, 2.45) is 17.8 Å². The quantitative estimate of drug-likeness (QED) is 0.0915. The number of thiophene rings is 1. The number of anilines is 2. The van der Waals surface area contributed by atoms with Crippen LogP contribution in [0.3, 0.4) is 0 Å². The van der Waals surface area contributed by atoms with Crippen LogP contribution in [0.1, 0.15) is 103 Å². The molecule has 2 aromatic heterocycles. The van der Waals surface area contributed by atoms with E-state index in [2.05, 4.69) is 89.3 Å². The predicted molar refractivity (Wildman–Crippen MR) is 286 cm³/mol. The molecule has 1 aliphatic carbocycles. The van der Waals surface area contributed by atoms with Crippen molar-refractivity contribution in [3.05, 3.63) is 105 Å². The van der Waals surface area contributed by atoms with Crippen molar-refractivity contribution >= 4 is 74.7 Å². The van der Waals surface area contributed by atoms with Crippen LogP contribution in [0.25, 0.3) is 27.6 Å². The molecule has 1 unspecified atom stereocenters. The van der Waals surface area contributed by atoms with E-state index in [1.807, 2.05) is 17.9 Å². The number of benzene rings is 3. The largest absolute Gasteiger partial charge is 0.496 e. The molecule has 14 nitrogen and oxygen atoms in total. The number of aryl methyl sites for hydroxylation is 1. The van der Waals surface area contributed by atoms with Gasteiger partial charge < -0.3 is 29.5 Å². The standard InChI is InChI=1S/C56H67ClN8O6S/c1-35(51-29-43(34-72-51)44-9-7-6-8-42(44)32-62(3)4)58-53-46-30-45(50(70-5)31-48(46)59-36(2)60-53)39-10-12-40(13-11-39)54(67)63-22-16-37(17-23-63)21-27-71-33-38-18-24-64(25-19-38)55(68)41-14-15-47(57)49(28-41)65-26-20-52(66)61-56(65)69/h6-10,14-15,28-31,34-35,37-38,40H,11-13,16-27,32-33H2,1-5H3,(H,58,59,60)(H,61,66,69)/t35-,40?/m1/s1. The molecule has 5 heterocycles. The minimum atomic E-state index is -0.537. The number of halogens is 1. The van der Waals surface area contributed by atoms with Gasteiger partial charge in [0.2, 0.25) is 11.8 Å². The van der Waals surface area contributed by atoms with E-state index in [-0.39, 0.29) is 42.6 Å². The van der Waals surface area contributed by atoms with Crippen molar-refractivity contribution < 1.29 is 28.7 Å². The molecular formula is C56H67ClN8O6S. The number of hydrogen-bond acceptors (Lipinski definition) is 11. The highest BCUT2D eigenvalue weighted by Crippen LogP contribution is 2.41. The van der Waals surface area contributed by atoms with Crippen LogP contribution in [0.2, 0.25) is 5.02 Å². The van der Waals surface area contributed by atoms with Crippen LogP contribution in [0, 0.1) is 24.7 Å². The number of allylic oxidation sites excluding steroid dienone is 2. The maximum Gasteiger partial charge on any atom is 0.328 e. The lowest BCUT2D eigenvalue weighted by molar-refractivity contribution is -0.137. The van der Waals surface area contributed by atoms with Crippen molar-refractivity contribution in [2.45, 2.75) is 84.2 Å². The summed E-state index contributed by atoms with van der Waals surface area (Å²) in [5.74, 6) is 2.98. The van der Waals surface area contributed by atoms with Crippen LogP contribution < -0.4 is 20.3 Å². The first-order valence-corrected chi connectivity index (χ1v) is 26.8. The van der Waals surface area contributed by atoms with E-state index in [0.29, 0.717) is 66.7 Å². The Morgan fingerprint density at radius 2 is 1.68 bits per heavy atom. The molecule has 0 spiro atoms. The van der Waals surface area contributed by atoms with Gasteiger partial charge in [-0.1, -0.05) is 41.9 Å². The number of piperidine rings is 2. The molecule has 0 saturated carbocycles. The Hall–Kier alpha value is -5.87. The molecule has 4 aliphatic rings. The second-order valence-corrected chi connectivity index (χ2v) is 21.5. The van der Waals surface area contributed by atoms with E-state index in [4.69, 9.17) is 31.0 Å². The summed E-state index contributed by atoms with van der Waals surface area (Å²) in [6, 6.07) is 19.5. The maximum absolute atomic E-state index is 13.9. The van der Waals surface area contributed by atoms with E-state index < -0.39 is 6.03 Å². The molecule has 3 aliphatic heterocycles. The molecule has 5 aromatic rings. The van der Waals surface area contributed by atoms with Crippen LogP contribution in [0.15, 0.2) is 72.1 Å². The predicted octanol–water partition coefficient (Wildman–Crippen LogP) is 10.4. The number of urea groups is 1. The van der Waals surface area contributed by atoms with Gasteiger partial charge in [0.05, 0.1) is 29.4 Å². The van der Waals surface area contributed by atoms with Gasteiger partial charge in [0.25, 0.3) is 5.91 Å². The Balaban J connectivity index is 0.729. The van der Waals surface area contributed by atoms with Gasteiger partial charge in [0, 0.05) is 92.3 Å². The van der Waals surface area contributed by atoms with Crippen LogP contribution in [-0.4, -0.2) is 116 Å². The summed E-state index contributed by atoms with van der Waals surface area (Å²) in [4.78, 5) is 70.0. The molecule has 3 fully saturated rings. The second-order valence-electron chi connectivity index (χ2n) is 20.2. The smallest absolute Gasteiger partial charge is 0.328 e. The zero-order valence-corrected chi connectivity index (χ0v) is 43.7. The Morgan fingerprint density at radius 1 is 0.917 bits per heavy atom. The van der Waals surface area contributed by atoms with E-state index in [1.54, 1.807) is 36.6 Å². The third kappa shape index (κ3) is 11.8. The highest BCUT2D eigenvalue weighted by molar-refractivity contribution is 7.10. The summed E-state index contributed by atoms with van der Waals surface area (Å²) in [6.45, 7) is 9.39. The van der Waals surface area contributed by atoms with Gasteiger partial charge >= 0.3 is 6.03 Å².